The molecule has 0 aliphatic heterocycles. The molecule has 30 heavy (non-hydrogen) atoms. The van der Waals surface area contributed by atoms with E-state index in [1.807, 2.05) is 0 Å². The normalized spacial score (nSPS) is 11.1. The molecular weight excluding hydrogens is 406 g/mol. The van der Waals surface area contributed by atoms with E-state index in [0.717, 1.165) is 0 Å². The van der Waals surface area contributed by atoms with Crippen LogP contribution in [-0.2, 0) is 4.84 Å². The number of nitrogens with zero attached hydrogens (tertiary/aromatic N) is 1. The molecular formula is C22H22ClN3O4. The smallest absolute Gasteiger partial charge is 0.277 e. The largest absolute Gasteiger partial charge is 0.481 e. The van der Waals surface area contributed by atoms with Crippen LogP contribution in [0.5, 0.6) is 5.88 Å². The molecule has 0 fully saturated rings. The maximum Gasteiger partial charge on any atom is 0.277 e. The zero-order valence-electron chi connectivity index (χ0n) is 17.1. The Labute approximate surface area is 179 Å². The lowest BCUT2D eigenvalue weighted by atomic mass is 10.0. The van der Waals surface area contributed by atoms with E-state index in [9.17, 15) is 9.90 Å². The number of hydrogen-bond donors (Lipinski definition) is 3. The Morgan fingerprint density at radius 2 is 2.10 bits per heavy atom. The van der Waals surface area contributed by atoms with Crippen molar-refractivity contribution in [1.82, 2.24) is 15.4 Å². The lowest BCUT2D eigenvalue weighted by Gasteiger charge is -2.11. The van der Waals surface area contributed by atoms with Gasteiger partial charge in [-0.15, -0.1) is 0 Å². The molecule has 8 heteroatoms. The van der Waals surface area contributed by atoms with Gasteiger partial charge in [-0.3, -0.25) is 9.63 Å². The number of fused-ring (bicyclic) bond motifs is 1. The fraction of sp³-hybridized carbons (Fsp3) is 0.273. The third-order valence-electron chi connectivity index (χ3n) is 4.16. The van der Waals surface area contributed by atoms with Crippen molar-refractivity contribution < 1.29 is 19.5 Å². The van der Waals surface area contributed by atoms with Crippen LogP contribution < -0.4 is 10.2 Å². The van der Waals surface area contributed by atoms with Crippen LogP contribution in [-0.4, -0.2) is 40.3 Å². The Hall–Kier alpha value is -3.05. The predicted molar refractivity (Wildman–Crippen MR) is 115 cm³/mol. The van der Waals surface area contributed by atoms with Crippen LogP contribution >= 0.6 is 11.6 Å². The highest BCUT2D eigenvalue weighted by Crippen LogP contribution is 2.37. The molecule has 0 aliphatic carbocycles. The minimum absolute atomic E-state index is 0.328. The molecule has 0 atom stereocenters. The van der Waals surface area contributed by atoms with E-state index in [0.29, 0.717) is 50.8 Å². The molecule has 1 aromatic carbocycles. The number of rotatable bonds is 5. The number of aromatic nitrogens is 2. The number of carbonyl (C=O) groups excluding carboxylic acids is 1. The zero-order valence-corrected chi connectivity index (χ0v) is 17.8. The van der Waals surface area contributed by atoms with Crippen LogP contribution in [0.2, 0.25) is 5.02 Å². The maximum absolute atomic E-state index is 12.4. The number of nitrogens with one attached hydrogen (secondary N) is 2. The summed E-state index contributed by atoms with van der Waals surface area (Å²) in [7, 11) is 1.50. The van der Waals surface area contributed by atoms with Gasteiger partial charge in [-0.1, -0.05) is 17.5 Å². The van der Waals surface area contributed by atoms with Crippen molar-refractivity contribution >= 4 is 28.4 Å². The summed E-state index contributed by atoms with van der Waals surface area (Å²) in [5.41, 5.74) is 4.16. The van der Waals surface area contributed by atoms with Gasteiger partial charge in [0.15, 0.2) is 0 Å². The molecule has 3 N–H and O–H groups in total. The molecule has 0 unspecified atom stereocenters. The minimum Gasteiger partial charge on any atom is -0.481 e. The van der Waals surface area contributed by atoms with Crippen molar-refractivity contribution in [3.63, 3.8) is 0 Å². The standard InChI is InChI=1S/C22H22ClN3O4/c1-5-30-26-20(27)17-12-24-19-11-18(23)15(10-16(17)19)14-7-6-13(25-21(14)29-4)8-9-22(2,3)28/h6-7,10-12,24,28H,5H2,1-4H3,(H,26,27). The molecule has 0 saturated heterocycles. The highest BCUT2D eigenvalue weighted by Gasteiger charge is 2.18. The number of hydrogen-bond acceptors (Lipinski definition) is 5. The lowest BCUT2D eigenvalue weighted by Crippen LogP contribution is -2.23. The summed E-state index contributed by atoms with van der Waals surface area (Å²) in [5, 5.41) is 10.9. The summed E-state index contributed by atoms with van der Waals surface area (Å²) in [6.45, 7) is 5.33. The number of halogens is 1. The number of aromatic amines is 1. The Morgan fingerprint density at radius 3 is 2.77 bits per heavy atom. The molecule has 2 heterocycles. The van der Waals surface area contributed by atoms with Gasteiger partial charge in [0.25, 0.3) is 5.91 Å². The number of pyridine rings is 1. The number of hydroxylamine groups is 1. The number of ether oxygens (including phenoxy) is 1. The SMILES string of the molecule is CCONC(=O)c1c[nH]c2cc(Cl)c(-c3ccc(C#CC(C)(C)O)nc3OC)cc12. The average Bonchev–Trinajstić information content (AvgIpc) is 3.11. The second kappa shape index (κ2) is 8.76. The molecule has 0 aliphatic rings. The van der Waals surface area contributed by atoms with Gasteiger partial charge in [-0.2, -0.15) is 0 Å². The van der Waals surface area contributed by atoms with Crippen LogP contribution in [0.25, 0.3) is 22.0 Å². The average molecular weight is 428 g/mol. The van der Waals surface area contributed by atoms with Crippen LogP contribution in [0.15, 0.2) is 30.5 Å². The van der Waals surface area contributed by atoms with E-state index in [-0.39, 0.29) is 5.91 Å². The first-order chi connectivity index (χ1) is 14.2. The number of methoxy groups -OCH3 is 1. The third kappa shape index (κ3) is 4.74. The monoisotopic (exact) mass is 427 g/mol. The number of benzene rings is 1. The van der Waals surface area contributed by atoms with Gasteiger partial charge < -0.3 is 14.8 Å². The highest BCUT2D eigenvalue weighted by molar-refractivity contribution is 6.34. The van der Waals surface area contributed by atoms with Crippen LogP contribution in [0.3, 0.4) is 0 Å². The van der Waals surface area contributed by atoms with E-state index in [2.05, 4.69) is 27.3 Å². The van der Waals surface area contributed by atoms with Gasteiger partial charge in [0.2, 0.25) is 5.88 Å². The molecule has 0 saturated carbocycles. The van der Waals surface area contributed by atoms with Crippen molar-refractivity contribution in [3.05, 3.63) is 46.7 Å². The molecule has 3 rings (SSSR count). The van der Waals surface area contributed by atoms with Crippen molar-refractivity contribution in [1.29, 1.82) is 0 Å². The molecule has 0 radical (unpaired) electrons. The Balaban J connectivity index is 2.08. The van der Waals surface area contributed by atoms with Crippen LogP contribution in [0.1, 0.15) is 36.8 Å². The second-order valence-corrected chi connectivity index (χ2v) is 7.41. The second-order valence-electron chi connectivity index (χ2n) is 7.01. The molecule has 156 valence electrons. The van der Waals surface area contributed by atoms with Gasteiger partial charge >= 0.3 is 0 Å². The van der Waals surface area contributed by atoms with Crippen LogP contribution in [0, 0.1) is 11.8 Å². The summed E-state index contributed by atoms with van der Waals surface area (Å²) in [4.78, 5) is 24.8. The number of H-pyrrole nitrogens is 1. The first-order valence-electron chi connectivity index (χ1n) is 9.27. The van der Waals surface area contributed by atoms with E-state index in [1.54, 1.807) is 51.2 Å². The summed E-state index contributed by atoms with van der Waals surface area (Å²) in [5.74, 6) is 5.51. The first-order valence-corrected chi connectivity index (χ1v) is 9.65. The highest BCUT2D eigenvalue weighted by atomic mass is 35.5. The lowest BCUT2D eigenvalue weighted by molar-refractivity contribution is 0.0366. The summed E-state index contributed by atoms with van der Waals surface area (Å²) < 4.78 is 5.44. The van der Waals surface area contributed by atoms with Crippen molar-refractivity contribution in [3.8, 4) is 28.8 Å². The number of aliphatic hydroxyl groups is 1. The maximum atomic E-state index is 12.4. The van der Waals surface area contributed by atoms with Crippen molar-refractivity contribution in [2.24, 2.45) is 0 Å². The third-order valence-corrected chi connectivity index (χ3v) is 4.48. The van der Waals surface area contributed by atoms with Gasteiger partial charge in [-0.05, 0) is 51.0 Å². The van der Waals surface area contributed by atoms with Gasteiger partial charge in [-0.25, -0.2) is 10.5 Å². The zero-order chi connectivity index (χ0) is 21.9. The number of carbonyl (C=O) groups is 1. The molecule has 0 spiro atoms. The van der Waals surface area contributed by atoms with Gasteiger partial charge in [0.1, 0.15) is 11.3 Å². The molecule has 3 aromatic rings. The Bertz CT molecular complexity index is 1150. The predicted octanol–water partition coefficient (Wildman–Crippen LogP) is 3.70. The summed E-state index contributed by atoms with van der Waals surface area (Å²) >= 11 is 6.51. The molecule has 2 aromatic heterocycles. The van der Waals surface area contributed by atoms with Gasteiger partial charge in [0, 0.05) is 28.2 Å². The molecule has 7 nitrogen and oxygen atoms in total. The topological polar surface area (TPSA) is 96.5 Å². The first kappa shape index (κ1) is 21.7. The van der Waals surface area contributed by atoms with Crippen molar-refractivity contribution in [2.45, 2.75) is 26.4 Å². The van der Waals surface area contributed by atoms with Gasteiger partial charge in [0.05, 0.1) is 24.3 Å². The summed E-state index contributed by atoms with van der Waals surface area (Å²) in [6.07, 6.45) is 1.60. The van der Waals surface area contributed by atoms with Crippen molar-refractivity contribution in [2.75, 3.05) is 13.7 Å². The van der Waals surface area contributed by atoms with E-state index >= 15 is 0 Å². The fourth-order valence-electron chi connectivity index (χ4n) is 2.82. The van der Waals surface area contributed by atoms with E-state index in [4.69, 9.17) is 21.2 Å². The molecule has 0 bridgehead atoms. The summed E-state index contributed by atoms with van der Waals surface area (Å²) in [6, 6.07) is 7.05. The Morgan fingerprint density at radius 1 is 1.33 bits per heavy atom. The van der Waals surface area contributed by atoms with E-state index in [1.165, 1.54) is 7.11 Å². The number of amides is 1. The van der Waals surface area contributed by atoms with Crippen LogP contribution in [0.4, 0.5) is 0 Å². The Kier molecular flexibility index (Phi) is 6.32. The van der Waals surface area contributed by atoms with E-state index < -0.39 is 5.60 Å². The molecule has 1 amide bonds. The fourth-order valence-corrected chi connectivity index (χ4v) is 3.08. The minimum atomic E-state index is -1.13. The quantitative estimate of drug-likeness (QED) is 0.426.